The molecule has 138 heavy (non-hydrogen) atoms. The Morgan fingerprint density at radius 2 is 0.797 bits per heavy atom. The van der Waals surface area contributed by atoms with Crippen LogP contribution in [0.25, 0.3) is 221 Å². The highest BCUT2D eigenvalue weighted by Crippen LogP contribution is 2.51. The number of rotatable bonds is 19. The van der Waals surface area contributed by atoms with E-state index in [9.17, 15) is 0 Å². The lowest BCUT2D eigenvalue weighted by atomic mass is 9.93. The SMILES string of the molecule is CCc1cccc(C)c1-n1ccnc1-c1ccc(CCc2cc(-c3ccccc3)c3oc4c(-c5ccccc5)cc(-c5ccc6c(c5)c5ccccc5n6-c5c(C)cc(C)c(-n6c7ccccc7c7cc(-c8ccc9oc%10c(-n%11c(C)c(-c%12cc(-n%13c(C)c(C)c(C)c%13C)cc(-n%13c%14ccccc%14c%14ccccc%14%13)c%12)c%12ccccc%12%11)cc(OC(C)CC)cc%10c9c8)ccc76)c5C)cc4c3c2)cc1. The van der Waals surface area contributed by atoms with Crippen LogP contribution in [-0.2, 0) is 19.3 Å². The fraction of sp³-hybridized carbons (Fsp3) is 0.133. The molecule has 10 heteroatoms. The molecule has 0 amide bonds. The van der Waals surface area contributed by atoms with Crippen molar-refractivity contribution < 1.29 is 13.6 Å². The number of ether oxygens (including phenoxy) is 1. The van der Waals surface area contributed by atoms with Crippen molar-refractivity contribution in [3.63, 3.8) is 0 Å². The van der Waals surface area contributed by atoms with Gasteiger partial charge in [0.1, 0.15) is 28.3 Å². The summed E-state index contributed by atoms with van der Waals surface area (Å²) in [5.41, 5.74) is 45.1. The second-order valence-electron chi connectivity index (χ2n) is 38.2. The zero-order valence-corrected chi connectivity index (χ0v) is 79.7. The smallest absolute Gasteiger partial charge is 0.159 e. The van der Waals surface area contributed by atoms with Crippen LogP contribution in [0.4, 0.5) is 0 Å². The highest BCUT2D eigenvalue weighted by atomic mass is 16.5. The maximum absolute atomic E-state index is 7.35. The Morgan fingerprint density at radius 3 is 1.39 bits per heavy atom. The fourth-order valence-corrected chi connectivity index (χ4v) is 23.1. The van der Waals surface area contributed by atoms with E-state index in [1.807, 2.05) is 6.20 Å². The lowest BCUT2D eigenvalue weighted by Gasteiger charge is -2.22. The molecule has 17 aromatic carbocycles. The van der Waals surface area contributed by atoms with Gasteiger partial charge in [-0.3, -0.25) is 4.57 Å². The molecular weight excluding hydrogens is 1680 g/mol. The van der Waals surface area contributed by atoms with Crippen LogP contribution in [0.15, 0.2) is 361 Å². The molecule has 0 radical (unpaired) electrons. The van der Waals surface area contributed by atoms with Gasteiger partial charge < -0.3 is 36.4 Å². The number of hydrogen-bond acceptors (Lipinski definition) is 4. The molecule has 0 aliphatic rings. The Bertz CT molecular complexity index is 9250. The fourth-order valence-electron chi connectivity index (χ4n) is 23.1. The first-order chi connectivity index (χ1) is 67.5. The van der Waals surface area contributed by atoms with Gasteiger partial charge in [0.25, 0.3) is 0 Å². The predicted octanol–water partition coefficient (Wildman–Crippen LogP) is 34.0. The number of imidazole rings is 1. The van der Waals surface area contributed by atoms with Crippen molar-refractivity contribution in [1.29, 1.82) is 0 Å². The molecule has 1 atom stereocenters. The minimum Gasteiger partial charge on any atom is -0.491 e. The molecule has 8 heterocycles. The summed E-state index contributed by atoms with van der Waals surface area (Å²) in [7, 11) is 0. The van der Waals surface area contributed by atoms with Gasteiger partial charge in [-0.1, -0.05) is 232 Å². The first-order valence-corrected chi connectivity index (χ1v) is 48.6. The third kappa shape index (κ3) is 13.2. The molecule has 8 aromatic heterocycles. The third-order valence-electron chi connectivity index (χ3n) is 30.1. The molecule has 668 valence electrons. The Balaban J connectivity index is 0.584. The quantitative estimate of drug-likeness (QED) is 0.0808. The predicted molar refractivity (Wildman–Crippen MR) is 576 cm³/mol. The summed E-state index contributed by atoms with van der Waals surface area (Å²) in [6.07, 6.45) is 7.47. The highest BCUT2D eigenvalue weighted by molar-refractivity contribution is 6.18. The van der Waals surface area contributed by atoms with Crippen molar-refractivity contribution in [3.8, 4) is 107 Å². The molecule has 25 aromatic rings. The molecule has 0 fully saturated rings. The lowest BCUT2D eigenvalue weighted by Crippen LogP contribution is -2.10. The summed E-state index contributed by atoms with van der Waals surface area (Å²) in [4.78, 5) is 4.91. The molecule has 0 aliphatic heterocycles. The van der Waals surface area contributed by atoms with Gasteiger partial charge in [-0.05, 0) is 299 Å². The van der Waals surface area contributed by atoms with Crippen molar-refractivity contribution >= 4 is 120 Å². The van der Waals surface area contributed by atoms with Crippen molar-refractivity contribution in [2.75, 3.05) is 0 Å². The summed E-state index contributed by atoms with van der Waals surface area (Å²) >= 11 is 0. The van der Waals surface area contributed by atoms with E-state index in [1.165, 1.54) is 122 Å². The van der Waals surface area contributed by atoms with Crippen LogP contribution in [0.2, 0.25) is 0 Å². The molecular formula is C128H103N7O3. The van der Waals surface area contributed by atoms with E-state index < -0.39 is 0 Å². The average Bonchev–Trinajstić information content (AvgIpc) is 1.56. The monoisotopic (exact) mass is 1790 g/mol. The highest BCUT2D eigenvalue weighted by Gasteiger charge is 2.30. The second-order valence-corrected chi connectivity index (χ2v) is 38.2. The maximum Gasteiger partial charge on any atom is 0.159 e. The number of fused-ring (bicyclic) bond motifs is 16. The van der Waals surface area contributed by atoms with Gasteiger partial charge >= 0.3 is 0 Å². The number of hydrogen-bond donors (Lipinski definition) is 0. The van der Waals surface area contributed by atoms with Gasteiger partial charge in [0, 0.05) is 128 Å². The minimum atomic E-state index is -0.0366. The summed E-state index contributed by atoms with van der Waals surface area (Å²) in [6.45, 7) is 27.0. The van der Waals surface area contributed by atoms with Crippen LogP contribution in [0.1, 0.15) is 94.3 Å². The Morgan fingerprint density at radius 1 is 0.312 bits per heavy atom. The maximum atomic E-state index is 7.35. The van der Waals surface area contributed by atoms with E-state index in [4.69, 9.17) is 18.6 Å². The van der Waals surface area contributed by atoms with Crippen LogP contribution < -0.4 is 4.74 Å². The minimum absolute atomic E-state index is 0.0366. The van der Waals surface area contributed by atoms with Gasteiger partial charge in [-0.15, -0.1) is 0 Å². The Labute approximate surface area is 801 Å². The Kier molecular flexibility index (Phi) is 19.8. The molecule has 0 N–H and O–H groups in total. The molecule has 0 bridgehead atoms. The first kappa shape index (κ1) is 83.4. The molecule has 1 unspecified atom stereocenters. The van der Waals surface area contributed by atoms with Crippen molar-refractivity contribution in [1.82, 2.24) is 32.4 Å². The van der Waals surface area contributed by atoms with Crippen LogP contribution in [-0.4, -0.2) is 38.5 Å². The number of aryl methyl sites for hydroxylation is 6. The number of nitrogens with zero attached hydrogens (tertiary/aromatic N) is 7. The van der Waals surface area contributed by atoms with E-state index in [0.29, 0.717) is 0 Å². The van der Waals surface area contributed by atoms with E-state index in [2.05, 4.69) is 456 Å². The zero-order valence-electron chi connectivity index (χ0n) is 79.7. The Hall–Kier alpha value is -16.4. The summed E-state index contributed by atoms with van der Waals surface area (Å²) in [5, 5.41) is 12.5. The van der Waals surface area contributed by atoms with E-state index >= 15 is 0 Å². The average molecular weight is 1790 g/mol. The molecule has 25 rings (SSSR count). The third-order valence-corrected chi connectivity index (χ3v) is 30.1. The molecule has 0 saturated heterocycles. The number of benzene rings is 17. The topological polar surface area (TPSA) is 78.0 Å². The van der Waals surface area contributed by atoms with Gasteiger partial charge in [-0.2, -0.15) is 0 Å². The van der Waals surface area contributed by atoms with Gasteiger partial charge in [0.15, 0.2) is 5.58 Å². The van der Waals surface area contributed by atoms with Crippen molar-refractivity contribution in [2.24, 2.45) is 0 Å². The largest absolute Gasteiger partial charge is 0.491 e. The summed E-state index contributed by atoms with van der Waals surface area (Å²) in [6, 6.07) is 126. The second kappa shape index (κ2) is 32.7. The van der Waals surface area contributed by atoms with E-state index in [0.717, 1.165) is 198 Å². The van der Waals surface area contributed by atoms with E-state index in [1.54, 1.807) is 0 Å². The van der Waals surface area contributed by atoms with Crippen LogP contribution in [0.3, 0.4) is 0 Å². The van der Waals surface area contributed by atoms with Crippen molar-refractivity contribution in [2.45, 2.75) is 115 Å². The van der Waals surface area contributed by atoms with Crippen LogP contribution in [0.5, 0.6) is 5.75 Å². The van der Waals surface area contributed by atoms with Gasteiger partial charge in [0.2, 0.25) is 0 Å². The van der Waals surface area contributed by atoms with Gasteiger partial charge in [-0.25, -0.2) is 4.98 Å². The zero-order chi connectivity index (χ0) is 93.3. The summed E-state index contributed by atoms with van der Waals surface area (Å²) < 4.78 is 36.3. The first-order valence-electron chi connectivity index (χ1n) is 48.6. The van der Waals surface area contributed by atoms with Crippen LogP contribution in [0, 0.1) is 62.3 Å². The molecule has 0 spiro atoms. The molecule has 0 saturated carbocycles. The standard InChI is InChI=1S/C128H103N7O3/c1-13-78(6)136-98-73-111-108-69-92(56-59-120(108)137-127(111)119(74-98)132-84(12)121(103-42-25-30-47-116(103)132)95-65-96(131-82(10)79(7)80(8)83(131)11)72-97(66-95)133-112-43-26-21-38-99(112)100-39-22-27-44-113(100)133)91-54-57-117-106(67-91)101-40-23-28-45-114(101)134(117)122-76(4)62-77(5)123(81(122)9)135-115-46-29-24-41-102(115)107-68-93(55-58-118(107)135)94-70-105(89-35-19-16-20-36-89)126-110(71-94)109-64-86(63-104(125(109)138-126)88-33-17-15-18-34-88)49-48-85-50-52-90(53-51-85)128-129-60-61-130(128)124-75(3)32-31-37-87(124)14-2/h15-47,50-74,78H,13-14,48-49H2,1-12H3. The summed E-state index contributed by atoms with van der Waals surface area (Å²) in [5.74, 6) is 1.74. The van der Waals surface area contributed by atoms with Gasteiger partial charge in [0.05, 0.1) is 67.5 Å². The molecule has 10 nitrogen and oxygen atoms in total. The molecule has 0 aliphatic carbocycles. The number of para-hydroxylation sites is 6. The normalized spacial score (nSPS) is 12.3. The lowest BCUT2D eigenvalue weighted by molar-refractivity contribution is 0.217. The number of aromatic nitrogens is 7. The van der Waals surface area contributed by atoms with Crippen LogP contribution >= 0.6 is 0 Å². The van der Waals surface area contributed by atoms with E-state index in [-0.39, 0.29) is 6.10 Å². The number of furan rings is 2. The van der Waals surface area contributed by atoms with Crippen molar-refractivity contribution in [3.05, 3.63) is 419 Å².